The van der Waals surface area contributed by atoms with Crippen LogP contribution >= 0.6 is 0 Å². The zero-order chi connectivity index (χ0) is 23.4. The highest BCUT2D eigenvalue weighted by molar-refractivity contribution is 5.88. The Labute approximate surface area is 190 Å². The molecule has 0 unspecified atom stereocenters. The van der Waals surface area contributed by atoms with Crippen molar-refractivity contribution >= 4 is 11.8 Å². The first-order chi connectivity index (χ1) is 15.2. The lowest BCUT2D eigenvalue weighted by atomic mass is 9.56. The fraction of sp³-hybridized carbons (Fsp3) is 0.692. The molecule has 1 N–H and O–H groups in total. The molecule has 0 amide bonds. The number of allylic oxidation sites excluding steroid dienone is 1. The van der Waals surface area contributed by atoms with Gasteiger partial charge in [-0.15, -0.1) is 6.58 Å². The third-order valence-electron chi connectivity index (χ3n) is 8.32. The molecular weight excluding hydrogens is 408 g/mol. The van der Waals surface area contributed by atoms with E-state index in [1.165, 1.54) is 7.11 Å². The summed E-state index contributed by atoms with van der Waals surface area (Å²) in [5.41, 5.74) is 0.146. The number of esters is 1. The van der Waals surface area contributed by atoms with E-state index in [9.17, 15) is 14.7 Å². The molecule has 1 saturated heterocycles. The van der Waals surface area contributed by atoms with E-state index in [-0.39, 0.29) is 47.4 Å². The Morgan fingerprint density at radius 3 is 2.69 bits per heavy atom. The van der Waals surface area contributed by atoms with Gasteiger partial charge in [0.25, 0.3) is 0 Å². The summed E-state index contributed by atoms with van der Waals surface area (Å²) in [4.78, 5) is 26.7. The molecule has 11 atom stereocenters. The summed E-state index contributed by atoms with van der Waals surface area (Å²) in [6.45, 7) is 11.5. The van der Waals surface area contributed by atoms with E-state index in [0.29, 0.717) is 6.42 Å². The Morgan fingerprint density at radius 2 is 2.06 bits per heavy atom. The van der Waals surface area contributed by atoms with Crippen LogP contribution in [0.2, 0.25) is 0 Å². The minimum atomic E-state index is -0.843. The minimum absolute atomic E-state index is 0.0157. The first-order valence-electron chi connectivity index (χ1n) is 11.8. The van der Waals surface area contributed by atoms with Crippen molar-refractivity contribution in [2.45, 2.75) is 70.6 Å². The fourth-order valence-electron chi connectivity index (χ4n) is 6.76. The van der Waals surface area contributed by atoms with Crippen LogP contribution in [0.25, 0.3) is 0 Å². The largest absolute Gasteiger partial charge is 0.457 e. The maximum atomic E-state index is 13.8. The van der Waals surface area contributed by atoms with Gasteiger partial charge in [0.1, 0.15) is 17.5 Å². The molecule has 6 heteroatoms. The number of aliphatic hydroxyl groups is 1. The van der Waals surface area contributed by atoms with Crippen molar-refractivity contribution in [3.05, 3.63) is 36.5 Å². The van der Waals surface area contributed by atoms with Crippen molar-refractivity contribution in [2.24, 2.45) is 35.5 Å². The lowest BCUT2D eigenvalue weighted by Crippen LogP contribution is -2.54. The molecule has 2 fully saturated rings. The van der Waals surface area contributed by atoms with Crippen LogP contribution in [0.1, 0.15) is 40.5 Å². The molecule has 0 aromatic heterocycles. The molecule has 4 bridgehead atoms. The number of hydrogen-bond acceptors (Lipinski definition) is 6. The van der Waals surface area contributed by atoms with Crippen molar-refractivity contribution in [3.63, 3.8) is 0 Å². The van der Waals surface area contributed by atoms with E-state index >= 15 is 0 Å². The zero-order valence-corrected chi connectivity index (χ0v) is 19.7. The molecule has 1 saturated carbocycles. The third-order valence-corrected chi connectivity index (χ3v) is 8.32. The average molecular weight is 445 g/mol. The Bertz CT molecular complexity index is 843. The quantitative estimate of drug-likeness (QED) is 0.530. The maximum absolute atomic E-state index is 13.8. The number of methoxy groups -OCH3 is 1. The molecule has 2 aliphatic heterocycles. The molecule has 4 aliphatic rings. The summed E-state index contributed by atoms with van der Waals surface area (Å²) < 4.78 is 18.2. The summed E-state index contributed by atoms with van der Waals surface area (Å²) >= 11 is 0. The Balaban J connectivity index is 1.87. The first-order valence-corrected chi connectivity index (χ1v) is 11.8. The van der Waals surface area contributed by atoms with Crippen LogP contribution in [0.15, 0.2) is 36.5 Å². The molecular formula is C26H36O6. The molecule has 32 heavy (non-hydrogen) atoms. The summed E-state index contributed by atoms with van der Waals surface area (Å²) in [7, 11) is 1.49. The fourth-order valence-corrected chi connectivity index (χ4v) is 6.76. The van der Waals surface area contributed by atoms with E-state index < -0.39 is 29.9 Å². The van der Waals surface area contributed by atoms with Crippen LogP contribution in [0, 0.1) is 35.5 Å². The predicted octanol–water partition coefficient (Wildman–Crippen LogP) is 3.25. The van der Waals surface area contributed by atoms with Gasteiger partial charge in [0.2, 0.25) is 0 Å². The first kappa shape index (κ1) is 23.4. The summed E-state index contributed by atoms with van der Waals surface area (Å²) in [6.07, 6.45) is 6.80. The van der Waals surface area contributed by atoms with Crippen LogP contribution < -0.4 is 0 Å². The second-order valence-electron chi connectivity index (χ2n) is 10.1. The van der Waals surface area contributed by atoms with Crippen molar-refractivity contribution in [1.29, 1.82) is 0 Å². The second kappa shape index (κ2) is 8.54. The highest BCUT2D eigenvalue weighted by atomic mass is 16.6. The molecule has 2 aliphatic carbocycles. The van der Waals surface area contributed by atoms with Gasteiger partial charge >= 0.3 is 5.97 Å². The lowest BCUT2D eigenvalue weighted by Gasteiger charge is -2.46. The van der Waals surface area contributed by atoms with Gasteiger partial charge in [-0.05, 0) is 38.2 Å². The topological polar surface area (TPSA) is 82.1 Å². The number of carbonyl (C=O) groups excluding carboxylic acids is 2. The number of ether oxygens (including phenoxy) is 3. The van der Waals surface area contributed by atoms with Crippen LogP contribution in [0.3, 0.4) is 0 Å². The van der Waals surface area contributed by atoms with E-state index in [4.69, 9.17) is 14.2 Å². The molecule has 4 rings (SSSR count). The minimum Gasteiger partial charge on any atom is -0.457 e. The van der Waals surface area contributed by atoms with Gasteiger partial charge < -0.3 is 19.3 Å². The van der Waals surface area contributed by atoms with Gasteiger partial charge in [0.15, 0.2) is 6.10 Å². The normalized spacial score (nSPS) is 48.3. The van der Waals surface area contributed by atoms with Crippen LogP contribution in [0.4, 0.5) is 0 Å². The number of carbonyl (C=O) groups is 2. The van der Waals surface area contributed by atoms with Crippen LogP contribution in [-0.4, -0.2) is 54.0 Å². The molecule has 176 valence electrons. The van der Waals surface area contributed by atoms with Crippen molar-refractivity contribution in [3.8, 4) is 0 Å². The SMILES string of the molecule is C=CC[C@H]1[C@@H]2O[C@@]34/C(C)=C\[C@@H](C)[C@@H]([C@@H](C)O)OC(=O)[C@@H](OC)C[C@H]3C=C[C@@H]2[C@H]4C(=O)[C@@H]1C. The van der Waals surface area contributed by atoms with E-state index in [1.807, 2.05) is 32.9 Å². The van der Waals surface area contributed by atoms with Gasteiger partial charge in [-0.2, -0.15) is 0 Å². The molecule has 2 heterocycles. The predicted molar refractivity (Wildman–Crippen MR) is 120 cm³/mol. The molecule has 6 nitrogen and oxygen atoms in total. The van der Waals surface area contributed by atoms with E-state index in [2.05, 4.69) is 18.7 Å². The summed E-state index contributed by atoms with van der Waals surface area (Å²) in [6, 6.07) is 0. The van der Waals surface area contributed by atoms with Gasteiger partial charge in [0.05, 0.1) is 18.1 Å². The monoisotopic (exact) mass is 444 g/mol. The van der Waals surface area contributed by atoms with Gasteiger partial charge in [-0.3, -0.25) is 4.79 Å². The summed E-state index contributed by atoms with van der Waals surface area (Å²) in [5, 5.41) is 10.3. The number of aliphatic hydroxyl groups excluding tert-OH is 1. The highest BCUT2D eigenvalue weighted by Crippen LogP contribution is 2.61. The molecule has 0 radical (unpaired) electrons. The van der Waals surface area contributed by atoms with Crippen LogP contribution in [0.5, 0.6) is 0 Å². The smallest absolute Gasteiger partial charge is 0.335 e. The van der Waals surface area contributed by atoms with Crippen molar-refractivity contribution < 1.29 is 28.9 Å². The van der Waals surface area contributed by atoms with Crippen LogP contribution in [-0.2, 0) is 23.8 Å². The lowest BCUT2D eigenvalue weighted by molar-refractivity contribution is -0.171. The molecule has 0 aromatic rings. The number of cyclic esters (lactones) is 1. The second-order valence-corrected chi connectivity index (χ2v) is 10.1. The Morgan fingerprint density at radius 1 is 1.34 bits per heavy atom. The molecule has 1 spiro atoms. The average Bonchev–Trinajstić information content (AvgIpc) is 2.94. The third kappa shape index (κ3) is 3.34. The van der Waals surface area contributed by atoms with E-state index in [0.717, 1.165) is 12.0 Å². The number of Topliss-reactive ketones (excluding diaryl/α,β-unsaturated/α-hetero) is 1. The Kier molecular flexibility index (Phi) is 6.25. The van der Waals surface area contributed by atoms with Crippen molar-refractivity contribution in [1.82, 2.24) is 0 Å². The number of rotatable bonds is 4. The maximum Gasteiger partial charge on any atom is 0.335 e. The zero-order valence-electron chi connectivity index (χ0n) is 19.7. The van der Waals surface area contributed by atoms with Gasteiger partial charge in [0, 0.05) is 30.8 Å². The van der Waals surface area contributed by atoms with Gasteiger partial charge in [-0.25, -0.2) is 4.79 Å². The van der Waals surface area contributed by atoms with E-state index in [1.54, 1.807) is 6.92 Å². The number of hydrogen-bond donors (Lipinski definition) is 1. The summed E-state index contributed by atoms with van der Waals surface area (Å²) in [5.74, 6) is -1.02. The van der Waals surface area contributed by atoms with Crippen molar-refractivity contribution in [2.75, 3.05) is 7.11 Å². The standard InChI is InChI=1S/C26H36O6/c1-7-8-18-15(4)22(28)21-19-10-9-17-12-20(30-6)25(29)31-23(16(5)27)13(2)11-14(3)26(17,21)32-24(18)19/h7,9-11,13,15-21,23-24,27H,1,8,12H2,2-6H3/b14-11-/t13-,15-,16-,17-,18-,19-,20+,21+,23+,24+,26+/m1/s1. The van der Waals surface area contributed by atoms with Gasteiger partial charge in [-0.1, -0.05) is 38.2 Å². The molecule has 0 aromatic carbocycles. The number of ketones is 1. The highest BCUT2D eigenvalue weighted by Gasteiger charge is 2.68. The Hall–Kier alpha value is -1.76.